The number of halogens is 1. The average Bonchev–Trinajstić information content (AvgIpc) is 3.32. The first-order chi connectivity index (χ1) is 16.7. The Morgan fingerprint density at radius 1 is 1.20 bits per heavy atom. The number of rotatable bonds is 9. The van der Waals surface area contributed by atoms with Crippen molar-refractivity contribution < 1.29 is 19.4 Å². The Morgan fingerprint density at radius 2 is 1.91 bits per heavy atom. The maximum atomic E-state index is 12.1. The van der Waals surface area contributed by atoms with Gasteiger partial charge >= 0.3 is 5.97 Å². The van der Waals surface area contributed by atoms with Crippen LogP contribution in [0.5, 0.6) is 5.75 Å². The minimum absolute atomic E-state index is 0.209. The number of hydrogen-bond donors (Lipinski definition) is 2. The van der Waals surface area contributed by atoms with Crippen molar-refractivity contribution in [3.05, 3.63) is 69.1 Å². The van der Waals surface area contributed by atoms with Gasteiger partial charge in [0.15, 0.2) is 0 Å². The molecule has 0 aliphatic rings. The molecule has 0 radical (unpaired) electrons. The zero-order valence-electron chi connectivity index (χ0n) is 20.7. The lowest BCUT2D eigenvalue weighted by atomic mass is 9.98. The third kappa shape index (κ3) is 4.79. The molecule has 0 aliphatic carbocycles. The van der Waals surface area contributed by atoms with Crippen molar-refractivity contribution in [1.82, 2.24) is 14.8 Å². The molecule has 0 amide bonds. The summed E-state index contributed by atoms with van der Waals surface area (Å²) in [6.07, 6.45) is 1.23. The summed E-state index contributed by atoms with van der Waals surface area (Å²) in [5, 5.41) is 16.2. The van der Waals surface area contributed by atoms with Crippen molar-refractivity contribution in [3.63, 3.8) is 0 Å². The molecule has 0 saturated carbocycles. The fraction of sp³-hybridized carbons (Fsp3) is 0.333. The molecule has 4 rings (SSSR count). The number of methoxy groups -OCH3 is 1. The van der Waals surface area contributed by atoms with E-state index in [1.165, 1.54) is 0 Å². The van der Waals surface area contributed by atoms with Crippen LogP contribution in [0.1, 0.15) is 45.0 Å². The Morgan fingerprint density at radius 3 is 2.57 bits per heavy atom. The van der Waals surface area contributed by atoms with Gasteiger partial charge in [-0.25, -0.2) is 4.79 Å². The highest BCUT2D eigenvalue weighted by Gasteiger charge is 2.22. The Balaban J connectivity index is 1.64. The van der Waals surface area contributed by atoms with Crippen LogP contribution in [0.25, 0.3) is 22.0 Å². The number of fused-ring (bicyclic) bond motifs is 1. The van der Waals surface area contributed by atoms with Crippen LogP contribution >= 0.6 is 11.6 Å². The maximum absolute atomic E-state index is 12.1. The number of nitrogens with one attached hydrogen (secondary N) is 1. The van der Waals surface area contributed by atoms with Crippen LogP contribution in [0.4, 0.5) is 0 Å². The molecule has 2 aromatic carbocycles. The second-order valence-corrected chi connectivity index (χ2v) is 9.18. The van der Waals surface area contributed by atoms with Crippen molar-refractivity contribution in [3.8, 4) is 16.9 Å². The molecule has 0 saturated heterocycles. The van der Waals surface area contributed by atoms with Crippen molar-refractivity contribution in [2.24, 2.45) is 7.05 Å². The van der Waals surface area contributed by atoms with E-state index in [1.807, 2.05) is 62.8 Å². The van der Waals surface area contributed by atoms with Gasteiger partial charge in [0.2, 0.25) is 0 Å². The summed E-state index contributed by atoms with van der Waals surface area (Å²) < 4.78 is 13.1. The molecule has 2 heterocycles. The molecule has 2 aromatic heterocycles. The molecule has 4 aromatic rings. The van der Waals surface area contributed by atoms with Crippen LogP contribution in [0.2, 0.25) is 5.02 Å². The monoisotopic (exact) mass is 495 g/mol. The Kier molecular flexibility index (Phi) is 7.19. The van der Waals surface area contributed by atoms with Gasteiger partial charge in [-0.15, -0.1) is 0 Å². The summed E-state index contributed by atoms with van der Waals surface area (Å²) in [6, 6.07) is 9.75. The molecule has 8 heteroatoms. The predicted octanol–water partition coefficient (Wildman–Crippen LogP) is 6.00. The molecule has 0 spiro atoms. The topological polar surface area (TPSA) is 89.4 Å². The quantitative estimate of drug-likeness (QED) is 0.278. The standard InChI is InChI=1S/C27H30ClN3O4/c1-15-12-18(13-16(2)24(15)28)35-11-7-10-20-19-8-6-9-21(25(19)29-26(20)27(32)33)23-17(3)31(4)30-22(23)14-34-5/h6,8-9,12-13,29H,7,10-11,14H2,1-5H3,(H,32,33). The van der Waals surface area contributed by atoms with E-state index < -0.39 is 5.97 Å². The van der Waals surface area contributed by atoms with E-state index in [4.69, 9.17) is 21.1 Å². The lowest BCUT2D eigenvalue weighted by Gasteiger charge is -2.10. The number of nitrogens with zero attached hydrogens (tertiary/aromatic N) is 2. The molecule has 0 unspecified atom stereocenters. The van der Waals surface area contributed by atoms with Crippen LogP contribution < -0.4 is 4.74 Å². The van der Waals surface area contributed by atoms with E-state index in [2.05, 4.69) is 10.1 Å². The van der Waals surface area contributed by atoms with Gasteiger partial charge in [-0.1, -0.05) is 29.8 Å². The van der Waals surface area contributed by atoms with Gasteiger partial charge in [0.25, 0.3) is 0 Å². The molecule has 0 aliphatic heterocycles. The maximum Gasteiger partial charge on any atom is 0.352 e. The molecular formula is C27H30ClN3O4. The summed E-state index contributed by atoms with van der Waals surface area (Å²) in [5.41, 5.74) is 7.39. The normalized spacial score (nSPS) is 11.4. The van der Waals surface area contributed by atoms with Crippen molar-refractivity contribution >= 4 is 28.5 Å². The summed E-state index contributed by atoms with van der Waals surface area (Å²) in [5.74, 6) is -0.214. The number of carbonyl (C=O) groups is 1. The summed E-state index contributed by atoms with van der Waals surface area (Å²) in [4.78, 5) is 15.3. The highest BCUT2D eigenvalue weighted by atomic mass is 35.5. The molecule has 35 heavy (non-hydrogen) atoms. The lowest BCUT2D eigenvalue weighted by molar-refractivity contribution is 0.0690. The minimum atomic E-state index is -0.980. The number of ether oxygens (including phenoxy) is 2. The van der Waals surface area contributed by atoms with Gasteiger partial charge in [-0.2, -0.15) is 5.10 Å². The van der Waals surface area contributed by atoms with E-state index in [-0.39, 0.29) is 5.69 Å². The number of carboxylic acid groups (broad SMARTS) is 1. The van der Waals surface area contributed by atoms with Gasteiger partial charge in [0.1, 0.15) is 11.4 Å². The third-order valence-electron chi connectivity index (χ3n) is 6.36. The van der Waals surface area contributed by atoms with Crippen molar-refractivity contribution in [2.75, 3.05) is 13.7 Å². The number of aromatic nitrogens is 3. The molecule has 7 nitrogen and oxygen atoms in total. The molecule has 0 atom stereocenters. The van der Waals surface area contributed by atoms with Crippen LogP contribution in [0, 0.1) is 20.8 Å². The lowest BCUT2D eigenvalue weighted by Crippen LogP contribution is -2.04. The van der Waals surface area contributed by atoms with Gasteiger partial charge in [0, 0.05) is 41.4 Å². The van der Waals surface area contributed by atoms with Crippen LogP contribution in [0.3, 0.4) is 0 Å². The second-order valence-electron chi connectivity index (χ2n) is 8.80. The van der Waals surface area contributed by atoms with Crippen molar-refractivity contribution in [2.45, 2.75) is 40.2 Å². The fourth-order valence-corrected chi connectivity index (χ4v) is 4.73. The Bertz CT molecular complexity index is 1380. The molecule has 2 N–H and O–H groups in total. The zero-order valence-corrected chi connectivity index (χ0v) is 21.4. The third-order valence-corrected chi connectivity index (χ3v) is 6.96. The zero-order chi connectivity index (χ0) is 25.3. The fourth-order valence-electron chi connectivity index (χ4n) is 4.62. The number of aromatic carboxylic acids is 1. The Labute approximate surface area is 209 Å². The molecule has 0 bridgehead atoms. The first kappa shape index (κ1) is 24.8. The number of carboxylic acids is 1. The second kappa shape index (κ2) is 10.1. The SMILES string of the molecule is COCc1nn(C)c(C)c1-c1cccc2c(CCCOc3cc(C)c(Cl)c(C)c3)c(C(=O)O)[nH]c12. The number of para-hydroxylation sites is 1. The number of H-pyrrole nitrogens is 1. The average molecular weight is 496 g/mol. The number of benzene rings is 2. The van der Waals surface area contributed by atoms with Crippen molar-refractivity contribution in [1.29, 1.82) is 0 Å². The van der Waals surface area contributed by atoms with Gasteiger partial charge in [-0.05, 0) is 62.4 Å². The van der Waals surface area contributed by atoms with E-state index in [9.17, 15) is 9.90 Å². The van der Waals surface area contributed by atoms with Crippen LogP contribution in [-0.2, 0) is 24.8 Å². The van der Waals surface area contributed by atoms with E-state index in [0.29, 0.717) is 26.1 Å². The van der Waals surface area contributed by atoms with Crippen LogP contribution in [-0.4, -0.2) is 39.6 Å². The first-order valence-corrected chi connectivity index (χ1v) is 11.9. The minimum Gasteiger partial charge on any atom is -0.494 e. The Hall–Kier alpha value is -3.29. The summed E-state index contributed by atoms with van der Waals surface area (Å²) >= 11 is 6.25. The summed E-state index contributed by atoms with van der Waals surface area (Å²) in [7, 11) is 3.53. The number of aryl methyl sites for hydroxylation is 4. The van der Waals surface area contributed by atoms with Gasteiger partial charge in [0.05, 0.1) is 24.4 Å². The molecule has 0 fully saturated rings. The van der Waals surface area contributed by atoms with E-state index >= 15 is 0 Å². The highest BCUT2D eigenvalue weighted by Crippen LogP contribution is 2.36. The smallest absolute Gasteiger partial charge is 0.352 e. The molecular weight excluding hydrogens is 466 g/mol. The highest BCUT2D eigenvalue weighted by molar-refractivity contribution is 6.32. The number of hydrogen-bond acceptors (Lipinski definition) is 4. The van der Waals surface area contributed by atoms with Gasteiger partial charge < -0.3 is 19.6 Å². The van der Waals surface area contributed by atoms with Crippen LogP contribution in [0.15, 0.2) is 30.3 Å². The van der Waals surface area contributed by atoms with Gasteiger partial charge in [-0.3, -0.25) is 4.68 Å². The molecule has 184 valence electrons. The van der Waals surface area contributed by atoms with E-state index in [1.54, 1.807) is 7.11 Å². The first-order valence-electron chi connectivity index (χ1n) is 11.5. The summed E-state index contributed by atoms with van der Waals surface area (Å²) in [6.45, 7) is 6.74. The number of aromatic amines is 1. The van der Waals surface area contributed by atoms with E-state index in [0.717, 1.165) is 60.9 Å². The predicted molar refractivity (Wildman–Crippen MR) is 138 cm³/mol. The largest absolute Gasteiger partial charge is 0.494 e.